The van der Waals surface area contributed by atoms with E-state index in [9.17, 15) is 4.79 Å². The topological polar surface area (TPSA) is 38.3 Å². The Balaban J connectivity index is 2.13. The Morgan fingerprint density at radius 2 is 2.33 bits per heavy atom. The molecule has 0 aromatic rings. The van der Waals surface area contributed by atoms with E-state index in [2.05, 4.69) is 5.32 Å². The van der Waals surface area contributed by atoms with Gasteiger partial charge in [0.05, 0.1) is 7.11 Å². The molecule has 4 heteroatoms. The summed E-state index contributed by atoms with van der Waals surface area (Å²) in [6.45, 7) is 0.951. The molecule has 0 amide bonds. The molecule has 2 atom stereocenters. The SMILES string of the molecule is COC(=O)C1(C2CCCCS2)CCCN1. The van der Waals surface area contributed by atoms with Crippen LogP contribution < -0.4 is 5.32 Å². The zero-order valence-corrected chi connectivity index (χ0v) is 10.1. The maximum absolute atomic E-state index is 11.9. The van der Waals surface area contributed by atoms with E-state index in [-0.39, 0.29) is 11.5 Å². The number of carbonyl (C=O) groups excluding carboxylic acids is 1. The fourth-order valence-electron chi connectivity index (χ4n) is 2.66. The number of methoxy groups -OCH3 is 1. The summed E-state index contributed by atoms with van der Waals surface area (Å²) in [6, 6.07) is 0. The van der Waals surface area contributed by atoms with Gasteiger partial charge in [-0.05, 0) is 38.0 Å². The van der Waals surface area contributed by atoms with Crippen molar-refractivity contribution in [2.75, 3.05) is 19.4 Å². The van der Waals surface area contributed by atoms with Crippen LogP contribution in [0.25, 0.3) is 0 Å². The Hall–Kier alpha value is -0.220. The average molecular weight is 229 g/mol. The van der Waals surface area contributed by atoms with Gasteiger partial charge in [0.2, 0.25) is 0 Å². The highest BCUT2D eigenvalue weighted by molar-refractivity contribution is 8.00. The zero-order valence-electron chi connectivity index (χ0n) is 9.25. The maximum atomic E-state index is 11.9. The molecule has 0 aromatic carbocycles. The van der Waals surface area contributed by atoms with Crippen LogP contribution in [0.2, 0.25) is 0 Å². The van der Waals surface area contributed by atoms with E-state index < -0.39 is 0 Å². The molecule has 2 unspecified atom stereocenters. The van der Waals surface area contributed by atoms with Gasteiger partial charge in [0.15, 0.2) is 0 Å². The highest BCUT2D eigenvalue weighted by Gasteiger charge is 2.49. The van der Waals surface area contributed by atoms with Crippen molar-refractivity contribution >= 4 is 17.7 Å². The average Bonchev–Trinajstić information content (AvgIpc) is 2.79. The molecule has 2 aliphatic heterocycles. The van der Waals surface area contributed by atoms with Crippen molar-refractivity contribution in [3.8, 4) is 0 Å². The third-order valence-corrected chi connectivity index (χ3v) is 5.03. The minimum Gasteiger partial charge on any atom is -0.468 e. The Bertz CT molecular complexity index is 233. The summed E-state index contributed by atoms with van der Waals surface area (Å²) in [5.74, 6) is 1.13. The number of ether oxygens (including phenoxy) is 1. The summed E-state index contributed by atoms with van der Waals surface area (Å²) in [7, 11) is 1.50. The van der Waals surface area contributed by atoms with Gasteiger partial charge in [0.1, 0.15) is 5.54 Å². The minimum atomic E-state index is -0.375. The Morgan fingerprint density at radius 3 is 2.87 bits per heavy atom. The van der Waals surface area contributed by atoms with Crippen LogP contribution in [0.4, 0.5) is 0 Å². The number of hydrogen-bond donors (Lipinski definition) is 1. The van der Waals surface area contributed by atoms with E-state index >= 15 is 0 Å². The molecular formula is C11H19NO2S. The first-order chi connectivity index (χ1) is 7.29. The lowest BCUT2D eigenvalue weighted by Gasteiger charge is -2.36. The first kappa shape index (κ1) is 11.3. The molecule has 1 N–H and O–H groups in total. The van der Waals surface area contributed by atoms with Crippen LogP contribution in [-0.2, 0) is 9.53 Å². The monoisotopic (exact) mass is 229 g/mol. The quantitative estimate of drug-likeness (QED) is 0.729. The molecule has 2 fully saturated rings. The highest BCUT2D eigenvalue weighted by atomic mass is 32.2. The molecule has 0 aliphatic carbocycles. The van der Waals surface area contributed by atoms with Crippen LogP contribution in [-0.4, -0.2) is 36.2 Å². The van der Waals surface area contributed by atoms with E-state index in [1.807, 2.05) is 11.8 Å². The largest absolute Gasteiger partial charge is 0.468 e. The van der Waals surface area contributed by atoms with E-state index in [4.69, 9.17) is 4.74 Å². The number of nitrogens with one attached hydrogen (secondary N) is 1. The number of esters is 1. The number of hydrogen-bond acceptors (Lipinski definition) is 4. The summed E-state index contributed by atoms with van der Waals surface area (Å²) in [5, 5.41) is 3.81. The number of carbonyl (C=O) groups is 1. The Labute approximate surface area is 95.3 Å². The second-order valence-electron chi connectivity index (χ2n) is 4.35. The van der Waals surface area contributed by atoms with E-state index in [1.54, 1.807) is 0 Å². The molecule has 0 radical (unpaired) electrons. The summed E-state index contributed by atoms with van der Waals surface area (Å²) >= 11 is 1.94. The highest BCUT2D eigenvalue weighted by Crippen LogP contribution is 2.38. The molecule has 2 aliphatic rings. The standard InChI is InChI=1S/C11H19NO2S/c1-14-10(13)11(6-4-7-12-11)9-5-2-3-8-15-9/h9,12H,2-8H2,1H3. The number of thioether (sulfide) groups is 1. The molecule has 0 aromatic heterocycles. The molecule has 2 heterocycles. The van der Waals surface area contributed by atoms with Gasteiger partial charge >= 0.3 is 5.97 Å². The molecule has 0 saturated carbocycles. The molecular weight excluding hydrogens is 210 g/mol. The lowest BCUT2D eigenvalue weighted by Crippen LogP contribution is -2.56. The molecule has 2 saturated heterocycles. The smallest absolute Gasteiger partial charge is 0.327 e. The van der Waals surface area contributed by atoms with Crippen molar-refractivity contribution in [1.82, 2.24) is 5.32 Å². The van der Waals surface area contributed by atoms with Crippen molar-refractivity contribution in [3.63, 3.8) is 0 Å². The van der Waals surface area contributed by atoms with E-state index in [0.717, 1.165) is 25.8 Å². The second-order valence-corrected chi connectivity index (χ2v) is 5.66. The van der Waals surface area contributed by atoms with Crippen LogP contribution in [0, 0.1) is 0 Å². The van der Waals surface area contributed by atoms with Gasteiger partial charge in [-0.25, -0.2) is 0 Å². The second kappa shape index (κ2) is 4.74. The van der Waals surface area contributed by atoms with Crippen LogP contribution in [0.15, 0.2) is 0 Å². The van der Waals surface area contributed by atoms with Gasteiger partial charge in [0, 0.05) is 5.25 Å². The van der Waals surface area contributed by atoms with Gasteiger partial charge in [-0.1, -0.05) is 6.42 Å². The van der Waals surface area contributed by atoms with Gasteiger partial charge < -0.3 is 10.1 Å². The lowest BCUT2D eigenvalue weighted by atomic mass is 9.89. The van der Waals surface area contributed by atoms with Crippen LogP contribution in [0.1, 0.15) is 32.1 Å². The van der Waals surface area contributed by atoms with Crippen molar-refractivity contribution in [2.45, 2.75) is 42.9 Å². The predicted molar refractivity (Wildman–Crippen MR) is 62.1 cm³/mol. The third-order valence-electron chi connectivity index (χ3n) is 3.47. The fraction of sp³-hybridized carbons (Fsp3) is 0.909. The summed E-state index contributed by atoms with van der Waals surface area (Å²) in [6.07, 6.45) is 5.72. The van der Waals surface area contributed by atoms with E-state index in [0.29, 0.717) is 5.25 Å². The zero-order chi connectivity index (χ0) is 10.7. The van der Waals surface area contributed by atoms with Crippen molar-refractivity contribution in [2.24, 2.45) is 0 Å². The first-order valence-electron chi connectivity index (χ1n) is 5.74. The predicted octanol–water partition coefficient (Wildman–Crippen LogP) is 1.57. The normalized spacial score (nSPS) is 36.5. The van der Waals surface area contributed by atoms with Gasteiger partial charge in [-0.15, -0.1) is 0 Å². The fourth-order valence-corrected chi connectivity index (χ4v) is 4.23. The van der Waals surface area contributed by atoms with E-state index in [1.165, 1.54) is 25.7 Å². The van der Waals surface area contributed by atoms with Crippen LogP contribution >= 0.6 is 11.8 Å². The van der Waals surface area contributed by atoms with Gasteiger partial charge in [0.25, 0.3) is 0 Å². The first-order valence-corrected chi connectivity index (χ1v) is 6.79. The Morgan fingerprint density at radius 1 is 1.47 bits per heavy atom. The molecule has 2 rings (SSSR count). The van der Waals surface area contributed by atoms with Crippen LogP contribution in [0.3, 0.4) is 0 Å². The third kappa shape index (κ3) is 2.02. The van der Waals surface area contributed by atoms with Gasteiger partial charge in [-0.2, -0.15) is 11.8 Å². The summed E-state index contributed by atoms with van der Waals surface area (Å²) < 4.78 is 4.98. The lowest BCUT2D eigenvalue weighted by molar-refractivity contribution is -0.148. The van der Waals surface area contributed by atoms with Crippen LogP contribution in [0.5, 0.6) is 0 Å². The van der Waals surface area contributed by atoms with Gasteiger partial charge in [-0.3, -0.25) is 4.79 Å². The Kier molecular flexibility index (Phi) is 3.57. The molecule has 15 heavy (non-hydrogen) atoms. The molecule has 0 spiro atoms. The molecule has 3 nitrogen and oxygen atoms in total. The molecule has 0 bridgehead atoms. The molecule has 86 valence electrons. The van der Waals surface area contributed by atoms with Crippen molar-refractivity contribution < 1.29 is 9.53 Å². The van der Waals surface area contributed by atoms with Crippen molar-refractivity contribution in [1.29, 1.82) is 0 Å². The number of rotatable bonds is 2. The maximum Gasteiger partial charge on any atom is 0.327 e. The summed E-state index contributed by atoms with van der Waals surface area (Å²) in [4.78, 5) is 11.9. The minimum absolute atomic E-state index is 0.0561. The van der Waals surface area contributed by atoms with Crippen molar-refractivity contribution in [3.05, 3.63) is 0 Å². The summed E-state index contributed by atoms with van der Waals surface area (Å²) in [5.41, 5.74) is -0.375.